The zero-order valence-corrected chi connectivity index (χ0v) is 6.68. The molecule has 0 bridgehead atoms. The van der Waals surface area contributed by atoms with Gasteiger partial charge in [-0.1, -0.05) is 19.8 Å². The number of allylic oxidation sites excluding steroid dienone is 1. The first-order valence-corrected chi connectivity index (χ1v) is 4.21. The third-order valence-corrected chi connectivity index (χ3v) is 1.98. The Kier molecular flexibility index (Phi) is 3.34. The summed E-state index contributed by atoms with van der Waals surface area (Å²) in [5.41, 5.74) is 0. The molecule has 10 heavy (non-hydrogen) atoms. The Balaban J connectivity index is 2.13. The van der Waals surface area contributed by atoms with E-state index in [9.17, 15) is 0 Å². The topological polar surface area (TPSA) is 9.23 Å². The van der Waals surface area contributed by atoms with Gasteiger partial charge in [0.15, 0.2) is 0 Å². The van der Waals surface area contributed by atoms with E-state index in [0.717, 1.165) is 12.5 Å². The maximum atomic E-state index is 5.10. The fourth-order valence-corrected chi connectivity index (χ4v) is 1.26. The fraction of sp³-hybridized carbons (Fsp3) is 0.778. The zero-order chi connectivity index (χ0) is 7.23. The maximum Gasteiger partial charge on any atom is 0.0878 e. The minimum absolute atomic E-state index is 0.800. The monoisotopic (exact) mass is 140 g/mol. The van der Waals surface area contributed by atoms with Gasteiger partial charge in [0.25, 0.3) is 0 Å². The Morgan fingerprint density at radius 1 is 1.60 bits per heavy atom. The van der Waals surface area contributed by atoms with Crippen molar-refractivity contribution in [3.05, 3.63) is 12.3 Å². The van der Waals surface area contributed by atoms with Gasteiger partial charge in [0.1, 0.15) is 0 Å². The van der Waals surface area contributed by atoms with Crippen LogP contribution in [0.5, 0.6) is 0 Å². The van der Waals surface area contributed by atoms with E-state index in [2.05, 4.69) is 13.0 Å². The number of rotatable bonds is 3. The van der Waals surface area contributed by atoms with Crippen molar-refractivity contribution in [1.82, 2.24) is 0 Å². The van der Waals surface area contributed by atoms with Crippen LogP contribution in [-0.4, -0.2) is 6.61 Å². The zero-order valence-electron chi connectivity index (χ0n) is 6.68. The molecule has 0 radical (unpaired) electrons. The molecule has 1 heterocycles. The van der Waals surface area contributed by atoms with E-state index in [4.69, 9.17) is 4.74 Å². The lowest BCUT2D eigenvalue weighted by molar-refractivity contribution is 0.204. The molecule has 1 heteroatoms. The molecule has 0 fully saturated rings. The van der Waals surface area contributed by atoms with Crippen LogP contribution in [0.2, 0.25) is 0 Å². The van der Waals surface area contributed by atoms with Crippen LogP contribution in [0.3, 0.4) is 0 Å². The summed E-state index contributed by atoms with van der Waals surface area (Å²) in [5, 5.41) is 0. The predicted octanol–water partition coefficient (Wildman–Crippen LogP) is 2.73. The summed E-state index contributed by atoms with van der Waals surface area (Å²) < 4.78 is 5.10. The van der Waals surface area contributed by atoms with Gasteiger partial charge in [0, 0.05) is 0 Å². The Labute approximate surface area is 63.1 Å². The molecule has 0 spiro atoms. The Morgan fingerprint density at radius 3 is 3.10 bits per heavy atom. The minimum Gasteiger partial charge on any atom is -0.501 e. The molecule has 1 aliphatic rings. The lowest BCUT2D eigenvalue weighted by Crippen LogP contribution is -2.05. The van der Waals surface area contributed by atoms with E-state index < -0.39 is 0 Å². The van der Waals surface area contributed by atoms with Gasteiger partial charge >= 0.3 is 0 Å². The molecule has 1 atom stereocenters. The molecule has 1 nitrogen and oxygen atoms in total. The highest BCUT2D eigenvalue weighted by molar-refractivity contribution is 4.86. The standard InChI is InChI=1S/C9H16O/c1-2-3-4-9-5-7-10-8-6-9/h5,7,9H,2-4,6,8H2,1H3/t9-/m1/s1. The molecule has 0 saturated heterocycles. The molecule has 0 aromatic carbocycles. The summed E-state index contributed by atoms with van der Waals surface area (Å²) in [6.45, 7) is 3.16. The van der Waals surface area contributed by atoms with E-state index in [1.54, 1.807) is 0 Å². The van der Waals surface area contributed by atoms with Gasteiger partial charge < -0.3 is 4.74 Å². The van der Waals surface area contributed by atoms with Gasteiger partial charge in [0.2, 0.25) is 0 Å². The molecule has 0 aromatic heterocycles. The fourth-order valence-electron chi connectivity index (χ4n) is 1.26. The number of ether oxygens (including phenoxy) is 1. The summed E-state index contributed by atoms with van der Waals surface area (Å²) in [5.74, 6) is 0.800. The second-order valence-corrected chi connectivity index (χ2v) is 2.89. The van der Waals surface area contributed by atoms with Crippen LogP contribution in [-0.2, 0) is 4.74 Å². The lowest BCUT2D eigenvalue weighted by Gasteiger charge is -2.15. The number of hydrogen-bond acceptors (Lipinski definition) is 1. The van der Waals surface area contributed by atoms with Crippen molar-refractivity contribution in [2.45, 2.75) is 32.6 Å². The van der Waals surface area contributed by atoms with Crippen LogP contribution in [0.25, 0.3) is 0 Å². The van der Waals surface area contributed by atoms with Gasteiger partial charge in [-0.2, -0.15) is 0 Å². The highest BCUT2D eigenvalue weighted by Gasteiger charge is 2.06. The van der Waals surface area contributed by atoms with Crippen LogP contribution in [0.4, 0.5) is 0 Å². The normalized spacial score (nSPS) is 24.3. The van der Waals surface area contributed by atoms with Crippen molar-refractivity contribution in [2.75, 3.05) is 6.61 Å². The lowest BCUT2D eigenvalue weighted by atomic mass is 9.98. The van der Waals surface area contributed by atoms with E-state index in [1.807, 2.05) is 6.26 Å². The highest BCUT2D eigenvalue weighted by atomic mass is 16.5. The van der Waals surface area contributed by atoms with Gasteiger partial charge in [-0.3, -0.25) is 0 Å². The highest BCUT2D eigenvalue weighted by Crippen LogP contribution is 2.17. The molecule has 0 aliphatic carbocycles. The van der Waals surface area contributed by atoms with Crippen molar-refractivity contribution in [3.8, 4) is 0 Å². The molecule has 0 aromatic rings. The molecule has 0 unspecified atom stereocenters. The molecule has 1 rings (SSSR count). The Bertz CT molecular complexity index is 107. The summed E-state index contributed by atoms with van der Waals surface area (Å²) in [6, 6.07) is 0. The first-order chi connectivity index (χ1) is 4.93. The Morgan fingerprint density at radius 2 is 2.50 bits per heavy atom. The predicted molar refractivity (Wildman–Crippen MR) is 42.7 cm³/mol. The van der Waals surface area contributed by atoms with Crippen molar-refractivity contribution in [2.24, 2.45) is 5.92 Å². The van der Waals surface area contributed by atoms with Gasteiger partial charge in [0.05, 0.1) is 12.9 Å². The third-order valence-electron chi connectivity index (χ3n) is 1.98. The van der Waals surface area contributed by atoms with Gasteiger partial charge in [-0.15, -0.1) is 0 Å². The van der Waals surface area contributed by atoms with Crippen molar-refractivity contribution < 1.29 is 4.74 Å². The first-order valence-electron chi connectivity index (χ1n) is 4.21. The second-order valence-electron chi connectivity index (χ2n) is 2.89. The van der Waals surface area contributed by atoms with E-state index >= 15 is 0 Å². The quantitative estimate of drug-likeness (QED) is 0.585. The minimum atomic E-state index is 0.800. The van der Waals surface area contributed by atoms with E-state index in [0.29, 0.717) is 0 Å². The summed E-state index contributed by atoms with van der Waals surface area (Å²) in [7, 11) is 0. The van der Waals surface area contributed by atoms with E-state index in [1.165, 1.54) is 25.7 Å². The molecule has 58 valence electrons. The average Bonchev–Trinajstić information content (AvgIpc) is 2.03. The summed E-state index contributed by atoms with van der Waals surface area (Å²) >= 11 is 0. The Hall–Kier alpha value is -0.460. The largest absolute Gasteiger partial charge is 0.501 e. The molecule has 0 N–H and O–H groups in total. The summed E-state index contributed by atoms with van der Waals surface area (Å²) in [6.07, 6.45) is 9.27. The summed E-state index contributed by atoms with van der Waals surface area (Å²) in [4.78, 5) is 0. The molecule has 1 aliphatic heterocycles. The number of unbranched alkanes of at least 4 members (excludes halogenated alkanes) is 1. The third kappa shape index (κ3) is 2.42. The molecular formula is C9H16O. The van der Waals surface area contributed by atoms with Crippen molar-refractivity contribution in [3.63, 3.8) is 0 Å². The first kappa shape index (κ1) is 7.64. The van der Waals surface area contributed by atoms with Crippen LogP contribution < -0.4 is 0 Å². The van der Waals surface area contributed by atoms with Crippen LogP contribution in [0.1, 0.15) is 32.6 Å². The maximum absolute atomic E-state index is 5.10. The smallest absolute Gasteiger partial charge is 0.0878 e. The van der Waals surface area contributed by atoms with Gasteiger partial charge in [-0.25, -0.2) is 0 Å². The van der Waals surface area contributed by atoms with Crippen LogP contribution in [0, 0.1) is 5.92 Å². The molecule has 0 amide bonds. The van der Waals surface area contributed by atoms with Crippen molar-refractivity contribution >= 4 is 0 Å². The molecular weight excluding hydrogens is 124 g/mol. The van der Waals surface area contributed by atoms with Crippen molar-refractivity contribution in [1.29, 1.82) is 0 Å². The van der Waals surface area contributed by atoms with Crippen LogP contribution in [0.15, 0.2) is 12.3 Å². The SMILES string of the molecule is CCCC[C@@H]1C=COCC1. The molecule has 0 saturated carbocycles. The average molecular weight is 140 g/mol. The number of hydrogen-bond donors (Lipinski definition) is 0. The van der Waals surface area contributed by atoms with Crippen LogP contribution >= 0.6 is 0 Å². The van der Waals surface area contributed by atoms with Gasteiger partial charge in [-0.05, 0) is 24.8 Å². The second kappa shape index (κ2) is 4.37. The van der Waals surface area contributed by atoms with E-state index in [-0.39, 0.29) is 0 Å².